The van der Waals surface area contributed by atoms with Crippen LogP contribution in [0.3, 0.4) is 0 Å². The fourth-order valence-corrected chi connectivity index (χ4v) is 3.36. The van der Waals surface area contributed by atoms with Crippen molar-refractivity contribution in [3.05, 3.63) is 89.6 Å². The third kappa shape index (κ3) is 2.86. The van der Waals surface area contributed by atoms with Crippen molar-refractivity contribution < 1.29 is 13.2 Å². The average Bonchev–Trinajstić information content (AvgIpc) is 3.03. The van der Waals surface area contributed by atoms with Crippen LogP contribution in [0.25, 0.3) is 27.9 Å². The van der Waals surface area contributed by atoms with Crippen molar-refractivity contribution in [2.24, 2.45) is 0 Å². The number of fused-ring (bicyclic) bond motifs is 1. The lowest BCUT2D eigenvalue weighted by atomic mass is 10.0. The average molecular weight is 372 g/mol. The van der Waals surface area contributed by atoms with Gasteiger partial charge in [-0.05, 0) is 41.5 Å². The Bertz CT molecular complexity index is 1060. The van der Waals surface area contributed by atoms with E-state index in [0.29, 0.717) is 10.7 Å². The highest BCUT2D eigenvalue weighted by molar-refractivity contribution is 6.30. The third-order valence-electron chi connectivity index (χ3n) is 4.33. The normalized spacial score (nSPS) is 11.8. The quantitative estimate of drug-likeness (QED) is 0.336. The molecule has 0 aliphatic heterocycles. The topological polar surface area (TPSA) is 4.41 Å². The molecule has 0 spiro atoms. The van der Waals surface area contributed by atoms with Gasteiger partial charge in [0.25, 0.3) is 0 Å². The van der Waals surface area contributed by atoms with E-state index >= 15 is 0 Å². The monoisotopic (exact) mass is 371 g/mol. The molecule has 0 N–H and O–H groups in total. The van der Waals surface area contributed by atoms with Crippen LogP contribution in [0.2, 0.25) is 5.15 Å². The molecule has 0 unspecified atom stereocenters. The van der Waals surface area contributed by atoms with E-state index < -0.39 is 11.7 Å². The molecule has 2 heterocycles. The van der Waals surface area contributed by atoms with E-state index in [1.807, 2.05) is 52.9 Å². The van der Waals surface area contributed by atoms with Crippen molar-refractivity contribution in [1.29, 1.82) is 0 Å². The van der Waals surface area contributed by atoms with Crippen LogP contribution in [-0.2, 0) is 6.18 Å². The van der Waals surface area contributed by atoms with Gasteiger partial charge >= 0.3 is 6.18 Å². The number of rotatable bonds is 2. The maximum Gasteiger partial charge on any atom is 0.416 e. The molecule has 0 fully saturated rings. The second-order valence-corrected chi connectivity index (χ2v) is 6.34. The number of halogens is 4. The van der Waals surface area contributed by atoms with Crippen molar-refractivity contribution in [2.45, 2.75) is 6.18 Å². The molecule has 0 saturated carbocycles. The highest BCUT2D eigenvalue weighted by atomic mass is 35.5. The molecule has 130 valence electrons. The molecule has 1 nitrogen and oxygen atoms in total. The predicted octanol–water partition coefficient (Wildman–Crippen LogP) is 6.95. The lowest BCUT2D eigenvalue weighted by molar-refractivity contribution is -0.137. The predicted molar refractivity (Wildman–Crippen MR) is 98.3 cm³/mol. The zero-order valence-corrected chi connectivity index (χ0v) is 14.2. The Morgan fingerprint density at radius 1 is 0.731 bits per heavy atom. The third-order valence-corrected chi connectivity index (χ3v) is 4.63. The zero-order chi connectivity index (χ0) is 18.3. The lowest BCUT2D eigenvalue weighted by Gasteiger charge is -2.07. The maximum absolute atomic E-state index is 12.8. The van der Waals surface area contributed by atoms with E-state index in [4.69, 9.17) is 11.6 Å². The number of hydrogen-bond donors (Lipinski definition) is 0. The van der Waals surface area contributed by atoms with Crippen LogP contribution in [0.4, 0.5) is 13.2 Å². The van der Waals surface area contributed by atoms with Crippen LogP contribution in [0.1, 0.15) is 5.56 Å². The van der Waals surface area contributed by atoms with Crippen molar-refractivity contribution in [3.63, 3.8) is 0 Å². The molecule has 4 aromatic rings. The number of benzene rings is 2. The van der Waals surface area contributed by atoms with E-state index in [1.165, 1.54) is 12.1 Å². The Morgan fingerprint density at radius 3 is 2.08 bits per heavy atom. The second-order valence-electron chi connectivity index (χ2n) is 5.95. The SMILES string of the molecule is FC(F)(F)c1ccc(-c2cc(-c3ccccc3)n3c(Cl)cccc23)cc1. The highest BCUT2D eigenvalue weighted by Gasteiger charge is 2.30. The Balaban J connectivity index is 1.93. The Hall–Kier alpha value is -2.72. The Labute approximate surface area is 153 Å². The minimum atomic E-state index is -4.35. The number of nitrogens with zero attached hydrogens (tertiary/aromatic N) is 1. The van der Waals surface area contributed by atoms with E-state index in [-0.39, 0.29) is 0 Å². The summed E-state index contributed by atoms with van der Waals surface area (Å²) < 4.78 is 40.4. The van der Waals surface area contributed by atoms with Crippen LogP contribution in [-0.4, -0.2) is 4.40 Å². The van der Waals surface area contributed by atoms with E-state index in [0.717, 1.165) is 34.5 Å². The van der Waals surface area contributed by atoms with E-state index in [9.17, 15) is 13.2 Å². The first-order chi connectivity index (χ1) is 12.4. The molecule has 2 aromatic heterocycles. The zero-order valence-electron chi connectivity index (χ0n) is 13.5. The molecule has 0 aliphatic carbocycles. The van der Waals surface area contributed by atoms with Crippen LogP contribution in [0.5, 0.6) is 0 Å². The van der Waals surface area contributed by atoms with Gasteiger partial charge in [0.2, 0.25) is 0 Å². The molecule has 0 atom stereocenters. The summed E-state index contributed by atoms with van der Waals surface area (Å²) in [5.74, 6) is 0. The molecule has 2 aromatic carbocycles. The summed E-state index contributed by atoms with van der Waals surface area (Å²) in [5.41, 5.74) is 3.59. The van der Waals surface area contributed by atoms with Gasteiger partial charge in [0.15, 0.2) is 0 Å². The van der Waals surface area contributed by atoms with Crippen molar-refractivity contribution >= 4 is 17.1 Å². The lowest BCUT2D eigenvalue weighted by Crippen LogP contribution is -2.03. The van der Waals surface area contributed by atoms with Gasteiger partial charge in [-0.2, -0.15) is 13.2 Å². The summed E-state index contributed by atoms with van der Waals surface area (Å²) >= 11 is 6.41. The van der Waals surface area contributed by atoms with Gasteiger partial charge in [-0.15, -0.1) is 0 Å². The molecule has 5 heteroatoms. The van der Waals surface area contributed by atoms with Gasteiger partial charge in [-0.1, -0.05) is 60.1 Å². The standard InChI is InChI=1S/C21H13ClF3N/c22-20-8-4-7-18-17(14-9-11-16(12-10-14)21(23,24)25)13-19(26(18)20)15-5-2-1-3-6-15/h1-13H. The van der Waals surface area contributed by atoms with Crippen LogP contribution < -0.4 is 0 Å². The van der Waals surface area contributed by atoms with Gasteiger partial charge in [0, 0.05) is 5.56 Å². The van der Waals surface area contributed by atoms with E-state index in [1.54, 1.807) is 6.07 Å². The smallest absolute Gasteiger partial charge is 0.300 e. The molecule has 0 saturated heterocycles. The maximum atomic E-state index is 12.8. The summed E-state index contributed by atoms with van der Waals surface area (Å²) in [6.07, 6.45) is -4.35. The van der Waals surface area contributed by atoms with Gasteiger partial charge < -0.3 is 0 Å². The summed E-state index contributed by atoms with van der Waals surface area (Å²) in [6, 6.07) is 22.4. The highest BCUT2D eigenvalue weighted by Crippen LogP contribution is 2.37. The number of pyridine rings is 1. The summed E-state index contributed by atoms with van der Waals surface area (Å²) in [4.78, 5) is 0. The molecule has 0 aliphatic rings. The minimum Gasteiger partial charge on any atom is -0.300 e. The van der Waals surface area contributed by atoms with Crippen LogP contribution in [0, 0.1) is 0 Å². The molecular formula is C21H13ClF3N. The van der Waals surface area contributed by atoms with Gasteiger partial charge in [0.1, 0.15) is 5.15 Å². The summed E-state index contributed by atoms with van der Waals surface area (Å²) in [7, 11) is 0. The first kappa shape index (κ1) is 16.7. The van der Waals surface area contributed by atoms with Crippen LogP contribution in [0.15, 0.2) is 78.9 Å². The van der Waals surface area contributed by atoms with Gasteiger partial charge in [-0.25, -0.2) is 0 Å². The van der Waals surface area contributed by atoms with Crippen molar-refractivity contribution in [1.82, 2.24) is 4.40 Å². The Kier molecular flexibility index (Phi) is 4.00. The molecule has 0 radical (unpaired) electrons. The molecular weight excluding hydrogens is 359 g/mol. The van der Waals surface area contributed by atoms with Gasteiger partial charge in [-0.3, -0.25) is 4.40 Å². The fraction of sp³-hybridized carbons (Fsp3) is 0.0476. The van der Waals surface area contributed by atoms with Crippen molar-refractivity contribution in [2.75, 3.05) is 0 Å². The molecule has 0 amide bonds. The summed E-state index contributed by atoms with van der Waals surface area (Å²) in [6.45, 7) is 0. The molecule has 26 heavy (non-hydrogen) atoms. The molecule has 4 rings (SSSR count). The second kappa shape index (κ2) is 6.22. The minimum absolute atomic E-state index is 0.541. The van der Waals surface area contributed by atoms with Gasteiger partial charge in [0.05, 0.1) is 16.8 Å². The molecule has 0 bridgehead atoms. The summed E-state index contributed by atoms with van der Waals surface area (Å²) in [5, 5.41) is 0.541. The largest absolute Gasteiger partial charge is 0.416 e. The first-order valence-electron chi connectivity index (χ1n) is 7.98. The number of hydrogen-bond acceptors (Lipinski definition) is 0. The number of aromatic nitrogens is 1. The van der Waals surface area contributed by atoms with Crippen molar-refractivity contribution in [3.8, 4) is 22.4 Å². The Morgan fingerprint density at radius 2 is 1.42 bits per heavy atom. The van der Waals surface area contributed by atoms with Crippen LogP contribution >= 0.6 is 11.6 Å². The van der Waals surface area contributed by atoms with E-state index in [2.05, 4.69) is 0 Å². The first-order valence-corrected chi connectivity index (χ1v) is 8.36. The number of alkyl halides is 3. The fourth-order valence-electron chi connectivity index (χ4n) is 3.10.